The third-order valence-corrected chi connectivity index (χ3v) is 11.5. The molecule has 0 bridgehead atoms. The molecule has 4 fully saturated rings. The molecule has 6 unspecified atom stereocenters. The number of hydrogen-bond acceptors (Lipinski definition) is 6. The number of phenolic OH excluding ortho intramolecular Hbond substituents is 1. The SMILES string of the molecule is CCOc1cc(C2C3=CCC4C(=O)N(C5CCCCC5)C(=O)C4C3CC3(Cl)C(=O)N(CBr)C(=O)C23Cl)ccc1O. The molecule has 1 aromatic rings. The Morgan fingerprint density at radius 1 is 1.05 bits per heavy atom. The topological polar surface area (TPSA) is 104 Å². The fourth-order valence-corrected chi connectivity index (χ4v) is 9.26. The molecule has 2 saturated carbocycles. The van der Waals surface area contributed by atoms with Crippen LogP contribution in [0.5, 0.6) is 11.5 Å². The van der Waals surface area contributed by atoms with Crippen molar-refractivity contribution in [3.63, 3.8) is 0 Å². The number of phenols is 1. The van der Waals surface area contributed by atoms with Gasteiger partial charge in [-0.3, -0.25) is 29.0 Å². The summed E-state index contributed by atoms with van der Waals surface area (Å²) in [5, 5.41) is 10.4. The van der Waals surface area contributed by atoms with Gasteiger partial charge in [0.1, 0.15) is 0 Å². The van der Waals surface area contributed by atoms with Gasteiger partial charge in [-0.15, -0.1) is 23.2 Å². The van der Waals surface area contributed by atoms with Crippen molar-refractivity contribution in [3.05, 3.63) is 35.4 Å². The van der Waals surface area contributed by atoms with E-state index in [-0.39, 0.29) is 41.2 Å². The number of likely N-dealkylation sites (tertiary alicyclic amines) is 2. The van der Waals surface area contributed by atoms with E-state index in [1.807, 2.05) is 6.08 Å². The van der Waals surface area contributed by atoms with E-state index in [4.69, 9.17) is 27.9 Å². The number of carbonyl (C=O) groups excluding carboxylic acids is 4. The van der Waals surface area contributed by atoms with Crippen LogP contribution in [0.25, 0.3) is 0 Å². The van der Waals surface area contributed by atoms with E-state index >= 15 is 0 Å². The first kappa shape index (κ1) is 28.0. The van der Waals surface area contributed by atoms with Crippen LogP contribution in [0, 0.1) is 17.8 Å². The molecule has 5 aliphatic rings. The quantitative estimate of drug-likeness (QED) is 0.211. The summed E-state index contributed by atoms with van der Waals surface area (Å²) in [7, 11) is 0. The maximum absolute atomic E-state index is 14.1. The molecule has 1 N–H and O–H groups in total. The normalized spacial score (nSPS) is 36.0. The van der Waals surface area contributed by atoms with Crippen molar-refractivity contribution in [1.29, 1.82) is 0 Å². The molecule has 0 spiro atoms. The molecular weight excluding hydrogens is 623 g/mol. The molecule has 2 heterocycles. The summed E-state index contributed by atoms with van der Waals surface area (Å²) in [6.07, 6.45) is 6.88. The van der Waals surface area contributed by atoms with Crippen LogP contribution in [-0.2, 0) is 19.2 Å². The van der Waals surface area contributed by atoms with Gasteiger partial charge in [-0.25, -0.2) is 0 Å². The summed E-state index contributed by atoms with van der Waals surface area (Å²) in [6.45, 7) is 2.08. The molecule has 4 amide bonds. The van der Waals surface area contributed by atoms with E-state index in [9.17, 15) is 24.3 Å². The molecule has 0 aromatic heterocycles. The van der Waals surface area contributed by atoms with Crippen LogP contribution < -0.4 is 4.74 Å². The lowest BCUT2D eigenvalue weighted by Crippen LogP contribution is -2.60. The van der Waals surface area contributed by atoms with Gasteiger partial charge in [0.25, 0.3) is 11.8 Å². The van der Waals surface area contributed by atoms with Crippen LogP contribution in [0.2, 0.25) is 0 Å². The first-order valence-electron chi connectivity index (χ1n) is 13.9. The lowest BCUT2D eigenvalue weighted by Gasteiger charge is -2.50. The van der Waals surface area contributed by atoms with Gasteiger partial charge in [0.05, 0.1) is 23.9 Å². The van der Waals surface area contributed by atoms with E-state index < -0.39 is 45.2 Å². The number of allylic oxidation sites excluding steroid dienone is 2. The largest absolute Gasteiger partial charge is 0.504 e. The first-order chi connectivity index (χ1) is 19.1. The molecule has 0 radical (unpaired) electrons. The molecule has 2 aliphatic heterocycles. The highest BCUT2D eigenvalue weighted by Crippen LogP contribution is 2.65. The van der Waals surface area contributed by atoms with E-state index in [0.29, 0.717) is 18.6 Å². The molecule has 8 nitrogen and oxygen atoms in total. The second-order valence-electron chi connectivity index (χ2n) is 11.5. The van der Waals surface area contributed by atoms with E-state index in [1.165, 1.54) is 11.0 Å². The molecule has 214 valence electrons. The number of imide groups is 2. The van der Waals surface area contributed by atoms with Gasteiger partial charge in [-0.05, 0) is 56.2 Å². The summed E-state index contributed by atoms with van der Waals surface area (Å²) < 4.78 is 5.62. The number of alkyl halides is 3. The van der Waals surface area contributed by atoms with Crippen molar-refractivity contribution >= 4 is 62.8 Å². The maximum atomic E-state index is 14.1. The molecule has 11 heteroatoms. The zero-order chi connectivity index (χ0) is 28.6. The van der Waals surface area contributed by atoms with Crippen molar-refractivity contribution in [1.82, 2.24) is 9.80 Å². The maximum Gasteiger partial charge on any atom is 0.254 e. The Labute approximate surface area is 251 Å². The number of fused-ring (bicyclic) bond motifs is 4. The average Bonchev–Trinajstić information content (AvgIpc) is 3.28. The summed E-state index contributed by atoms with van der Waals surface area (Å²) in [5.74, 6) is -4.15. The lowest BCUT2D eigenvalue weighted by molar-refractivity contribution is -0.144. The second kappa shape index (κ2) is 10.0. The second-order valence-corrected chi connectivity index (χ2v) is 13.2. The number of halogens is 3. The summed E-state index contributed by atoms with van der Waals surface area (Å²) >= 11 is 17.8. The number of benzene rings is 1. The van der Waals surface area contributed by atoms with Crippen LogP contribution in [0.15, 0.2) is 29.8 Å². The third kappa shape index (κ3) is 3.69. The molecule has 40 heavy (non-hydrogen) atoms. The summed E-state index contributed by atoms with van der Waals surface area (Å²) in [4.78, 5) is 54.1. The van der Waals surface area contributed by atoms with Gasteiger partial charge in [-0.2, -0.15) is 0 Å². The van der Waals surface area contributed by atoms with Crippen molar-refractivity contribution in [2.75, 3.05) is 12.1 Å². The average molecular weight is 654 g/mol. The predicted molar refractivity (Wildman–Crippen MR) is 151 cm³/mol. The van der Waals surface area contributed by atoms with Crippen molar-refractivity contribution in [2.45, 2.75) is 73.6 Å². The van der Waals surface area contributed by atoms with Gasteiger partial charge in [0, 0.05) is 12.0 Å². The Morgan fingerprint density at radius 2 is 1.77 bits per heavy atom. The van der Waals surface area contributed by atoms with Crippen LogP contribution in [0.1, 0.15) is 63.4 Å². The van der Waals surface area contributed by atoms with Gasteiger partial charge < -0.3 is 9.84 Å². The van der Waals surface area contributed by atoms with Crippen molar-refractivity contribution in [3.8, 4) is 11.5 Å². The number of ether oxygens (including phenoxy) is 1. The van der Waals surface area contributed by atoms with E-state index in [0.717, 1.165) is 42.6 Å². The number of rotatable bonds is 5. The lowest BCUT2D eigenvalue weighted by atomic mass is 9.56. The van der Waals surface area contributed by atoms with Crippen LogP contribution in [0.4, 0.5) is 0 Å². The Hall–Kier alpha value is -2.10. The fourth-order valence-electron chi connectivity index (χ4n) is 7.83. The highest BCUT2D eigenvalue weighted by atomic mass is 79.9. The molecule has 6 atom stereocenters. The van der Waals surface area contributed by atoms with E-state index in [1.54, 1.807) is 19.1 Å². The Kier molecular flexibility index (Phi) is 7.02. The number of carbonyl (C=O) groups is 4. The zero-order valence-corrected chi connectivity index (χ0v) is 25.2. The standard InChI is InChI=1S/C29H31BrCl2N2O6/c1-2-40-21-12-15(8-11-20(21)35)23-17-9-10-18-22(25(37)34(24(18)36)16-6-4-3-5-7-16)19(17)13-28(31)26(38)33(14-30)27(39)29(23,28)32/h8-9,11-12,16,18-19,22-23,35H,2-7,10,13-14H2,1H3. The number of amides is 4. The van der Waals surface area contributed by atoms with Crippen LogP contribution in [-0.4, -0.2) is 66.4 Å². The first-order valence-corrected chi connectivity index (χ1v) is 15.8. The molecule has 3 aliphatic carbocycles. The molecule has 2 saturated heterocycles. The third-order valence-electron chi connectivity index (χ3n) is 9.61. The number of nitrogens with zero attached hydrogens (tertiary/aromatic N) is 2. The van der Waals surface area contributed by atoms with Crippen molar-refractivity contribution in [2.24, 2.45) is 17.8 Å². The van der Waals surface area contributed by atoms with E-state index in [2.05, 4.69) is 15.9 Å². The highest BCUT2D eigenvalue weighted by Gasteiger charge is 2.76. The van der Waals surface area contributed by atoms with Gasteiger partial charge in [-0.1, -0.05) is 52.9 Å². The summed E-state index contributed by atoms with van der Waals surface area (Å²) in [5.41, 5.74) is 1.18. The Balaban J connectivity index is 1.50. The molecule has 6 rings (SSSR count). The molecular formula is C29H31BrCl2N2O6. The Morgan fingerprint density at radius 3 is 2.45 bits per heavy atom. The molecule has 1 aromatic carbocycles. The fraction of sp³-hybridized carbons (Fsp3) is 0.586. The Bertz CT molecular complexity index is 1330. The van der Waals surface area contributed by atoms with Gasteiger partial charge in [0.2, 0.25) is 11.8 Å². The van der Waals surface area contributed by atoms with Gasteiger partial charge >= 0.3 is 0 Å². The van der Waals surface area contributed by atoms with Crippen LogP contribution in [0.3, 0.4) is 0 Å². The number of aromatic hydroxyl groups is 1. The number of hydrogen-bond donors (Lipinski definition) is 1. The van der Waals surface area contributed by atoms with Crippen molar-refractivity contribution < 1.29 is 29.0 Å². The smallest absolute Gasteiger partial charge is 0.254 e. The van der Waals surface area contributed by atoms with Gasteiger partial charge in [0.15, 0.2) is 21.2 Å². The monoisotopic (exact) mass is 652 g/mol. The predicted octanol–water partition coefficient (Wildman–Crippen LogP) is 4.83. The summed E-state index contributed by atoms with van der Waals surface area (Å²) in [6, 6.07) is 4.61. The minimum absolute atomic E-state index is 0.0381. The highest BCUT2D eigenvalue weighted by molar-refractivity contribution is 9.09. The minimum atomic E-state index is -1.89. The minimum Gasteiger partial charge on any atom is -0.504 e. The zero-order valence-electron chi connectivity index (χ0n) is 22.1. The van der Waals surface area contributed by atoms with Crippen LogP contribution >= 0.6 is 39.1 Å².